The highest BCUT2D eigenvalue weighted by Crippen LogP contribution is 2.40. The predicted octanol–water partition coefficient (Wildman–Crippen LogP) is 2.95. The van der Waals surface area contributed by atoms with Crippen LogP contribution < -0.4 is 5.32 Å². The summed E-state index contributed by atoms with van der Waals surface area (Å²) in [5, 5.41) is 3.51. The van der Waals surface area contributed by atoms with Crippen LogP contribution in [-0.4, -0.2) is 35.5 Å². The molecule has 3 heteroatoms. The number of carbonyl (C=O) groups is 1. The van der Waals surface area contributed by atoms with Crippen molar-refractivity contribution in [3.63, 3.8) is 0 Å². The number of amides is 1. The van der Waals surface area contributed by atoms with Gasteiger partial charge < -0.3 is 10.2 Å². The van der Waals surface area contributed by atoms with Gasteiger partial charge in [0.2, 0.25) is 5.91 Å². The van der Waals surface area contributed by atoms with Crippen molar-refractivity contribution in [2.24, 2.45) is 11.8 Å². The summed E-state index contributed by atoms with van der Waals surface area (Å²) >= 11 is 0. The average Bonchev–Trinajstić information content (AvgIpc) is 2.48. The van der Waals surface area contributed by atoms with Crippen LogP contribution in [0.1, 0.15) is 65.2 Å². The minimum Gasteiger partial charge on any atom is -0.338 e. The van der Waals surface area contributed by atoms with Crippen molar-refractivity contribution in [1.82, 2.24) is 10.2 Å². The Morgan fingerprint density at radius 2 is 1.95 bits per heavy atom. The van der Waals surface area contributed by atoms with Gasteiger partial charge in [-0.3, -0.25) is 4.79 Å². The Labute approximate surface area is 123 Å². The Morgan fingerprint density at radius 3 is 2.70 bits per heavy atom. The van der Waals surface area contributed by atoms with Crippen molar-refractivity contribution in [3.8, 4) is 0 Å². The first-order chi connectivity index (χ1) is 9.62. The number of rotatable bonds is 1. The summed E-state index contributed by atoms with van der Waals surface area (Å²) in [6.45, 7) is 6.51. The van der Waals surface area contributed by atoms with Crippen LogP contribution >= 0.6 is 0 Å². The molecule has 0 aromatic heterocycles. The summed E-state index contributed by atoms with van der Waals surface area (Å²) in [4.78, 5) is 15.4. The Kier molecular flexibility index (Phi) is 4.07. The van der Waals surface area contributed by atoms with Crippen molar-refractivity contribution in [1.29, 1.82) is 0 Å². The Balaban J connectivity index is 1.76. The first-order valence-electron chi connectivity index (χ1n) is 8.68. The topological polar surface area (TPSA) is 32.3 Å². The third-order valence-corrected chi connectivity index (χ3v) is 6.09. The maximum absolute atomic E-state index is 13.1. The maximum Gasteiger partial charge on any atom is 0.242 e. The molecule has 1 saturated carbocycles. The molecule has 0 aromatic carbocycles. The van der Waals surface area contributed by atoms with Crippen LogP contribution in [0.5, 0.6) is 0 Å². The number of hydrogen-bond acceptors (Lipinski definition) is 2. The molecule has 2 heterocycles. The zero-order valence-corrected chi connectivity index (χ0v) is 13.2. The summed E-state index contributed by atoms with van der Waals surface area (Å²) in [5.74, 6) is 1.95. The summed E-state index contributed by atoms with van der Waals surface area (Å²) in [5.41, 5.74) is -0.291. The van der Waals surface area contributed by atoms with E-state index < -0.39 is 0 Å². The highest BCUT2D eigenvalue weighted by Gasteiger charge is 2.45. The zero-order valence-electron chi connectivity index (χ0n) is 13.2. The molecule has 1 aliphatic carbocycles. The molecular formula is C17H30N2O. The van der Waals surface area contributed by atoms with Gasteiger partial charge in [0.1, 0.15) is 0 Å². The molecule has 2 saturated heterocycles. The van der Waals surface area contributed by atoms with Gasteiger partial charge in [0, 0.05) is 12.6 Å². The van der Waals surface area contributed by atoms with Gasteiger partial charge in [-0.15, -0.1) is 0 Å². The van der Waals surface area contributed by atoms with E-state index in [1.165, 1.54) is 44.9 Å². The Bertz CT molecular complexity index is 362. The molecule has 20 heavy (non-hydrogen) atoms. The van der Waals surface area contributed by atoms with E-state index in [1.54, 1.807) is 0 Å². The number of fused-ring (bicyclic) bond motifs is 1. The van der Waals surface area contributed by atoms with Gasteiger partial charge in [0.15, 0.2) is 0 Å². The van der Waals surface area contributed by atoms with Crippen LogP contribution in [0.4, 0.5) is 0 Å². The lowest BCUT2D eigenvalue weighted by Gasteiger charge is -2.50. The van der Waals surface area contributed by atoms with Crippen LogP contribution in [0.15, 0.2) is 0 Å². The zero-order chi connectivity index (χ0) is 14.2. The number of piperidine rings is 2. The number of nitrogens with one attached hydrogen (secondary N) is 1. The third-order valence-electron chi connectivity index (χ3n) is 6.09. The average molecular weight is 278 g/mol. The quantitative estimate of drug-likeness (QED) is 0.800. The van der Waals surface area contributed by atoms with Gasteiger partial charge in [-0.1, -0.05) is 19.8 Å². The summed E-state index contributed by atoms with van der Waals surface area (Å²) in [6.07, 6.45) is 9.85. The fraction of sp³-hybridized carbons (Fsp3) is 0.941. The normalized spacial score (nSPS) is 42.1. The lowest BCUT2D eigenvalue weighted by molar-refractivity contribution is -0.146. The summed E-state index contributed by atoms with van der Waals surface area (Å²) in [7, 11) is 0. The molecule has 114 valence electrons. The molecule has 4 atom stereocenters. The van der Waals surface area contributed by atoms with Crippen molar-refractivity contribution in [2.45, 2.75) is 76.8 Å². The smallest absolute Gasteiger partial charge is 0.242 e. The molecule has 3 aliphatic rings. The van der Waals surface area contributed by atoms with Crippen molar-refractivity contribution in [2.75, 3.05) is 13.1 Å². The van der Waals surface area contributed by atoms with E-state index in [9.17, 15) is 4.79 Å². The van der Waals surface area contributed by atoms with Gasteiger partial charge in [-0.2, -0.15) is 0 Å². The molecule has 1 amide bonds. The minimum absolute atomic E-state index is 0.291. The molecule has 1 N–H and O–H groups in total. The Morgan fingerprint density at radius 1 is 1.15 bits per heavy atom. The van der Waals surface area contributed by atoms with Gasteiger partial charge in [-0.05, 0) is 63.8 Å². The molecule has 4 unspecified atom stereocenters. The standard InChI is InChI=1S/C17H30N2O/c1-13-9-12-19(15-8-4-3-7-14(13)15)16(20)17(2)10-5-6-11-18-17/h13-15,18H,3-12H2,1-2H3. The minimum atomic E-state index is -0.291. The first-order valence-corrected chi connectivity index (χ1v) is 8.68. The van der Waals surface area contributed by atoms with Gasteiger partial charge >= 0.3 is 0 Å². The molecule has 3 rings (SSSR count). The van der Waals surface area contributed by atoms with E-state index in [0.717, 1.165) is 31.3 Å². The molecule has 0 radical (unpaired) electrons. The fourth-order valence-electron chi connectivity index (χ4n) is 4.72. The molecule has 0 bridgehead atoms. The lowest BCUT2D eigenvalue weighted by Crippen LogP contribution is -2.63. The second-order valence-corrected chi connectivity index (χ2v) is 7.50. The molecule has 2 aliphatic heterocycles. The number of carbonyl (C=O) groups excluding carboxylic acids is 1. The van der Waals surface area contributed by atoms with Crippen molar-refractivity contribution < 1.29 is 4.79 Å². The largest absolute Gasteiger partial charge is 0.338 e. The molecule has 0 aromatic rings. The molecule has 0 spiro atoms. The summed E-state index contributed by atoms with van der Waals surface area (Å²) < 4.78 is 0. The summed E-state index contributed by atoms with van der Waals surface area (Å²) in [6, 6.07) is 0.528. The molecule has 3 nitrogen and oxygen atoms in total. The van der Waals surface area contributed by atoms with E-state index in [4.69, 9.17) is 0 Å². The second kappa shape index (κ2) is 5.67. The molecule has 3 fully saturated rings. The maximum atomic E-state index is 13.1. The van der Waals surface area contributed by atoms with Crippen LogP contribution in [0, 0.1) is 11.8 Å². The monoisotopic (exact) mass is 278 g/mol. The van der Waals surface area contributed by atoms with Gasteiger partial charge in [-0.25, -0.2) is 0 Å². The van der Waals surface area contributed by atoms with E-state index in [-0.39, 0.29) is 5.54 Å². The van der Waals surface area contributed by atoms with E-state index in [2.05, 4.69) is 24.1 Å². The third kappa shape index (κ3) is 2.49. The van der Waals surface area contributed by atoms with E-state index >= 15 is 0 Å². The van der Waals surface area contributed by atoms with Crippen molar-refractivity contribution in [3.05, 3.63) is 0 Å². The predicted molar refractivity (Wildman–Crippen MR) is 81.5 cm³/mol. The number of nitrogens with zero attached hydrogens (tertiary/aromatic N) is 1. The number of likely N-dealkylation sites (tertiary alicyclic amines) is 1. The van der Waals surface area contributed by atoms with Gasteiger partial charge in [0.05, 0.1) is 5.54 Å². The van der Waals surface area contributed by atoms with Crippen LogP contribution in [0.2, 0.25) is 0 Å². The SMILES string of the molecule is CC1CCN(C(=O)C2(C)CCCCN2)C2CCCCC12. The second-order valence-electron chi connectivity index (χ2n) is 7.50. The molecular weight excluding hydrogens is 248 g/mol. The van der Waals surface area contributed by atoms with Crippen LogP contribution in [0.25, 0.3) is 0 Å². The van der Waals surface area contributed by atoms with E-state index in [1.807, 2.05) is 0 Å². The van der Waals surface area contributed by atoms with E-state index in [0.29, 0.717) is 11.9 Å². The number of hydrogen-bond donors (Lipinski definition) is 1. The van der Waals surface area contributed by atoms with Crippen LogP contribution in [0.3, 0.4) is 0 Å². The first kappa shape index (κ1) is 14.4. The lowest BCUT2D eigenvalue weighted by atomic mass is 9.72. The highest BCUT2D eigenvalue weighted by atomic mass is 16.2. The van der Waals surface area contributed by atoms with Gasteiger partial charge in [0.25, 0.3) is 0 Å². The fourth-order valence-corrected chi connectivity index (χ4v) is 4.72. The highest BCUT2D eigenvalue weighted by molar-refractivity contribution is 5.86. The van der Waals surface area contributed by atoms with Crippen molar-refractivity contribution >= 4 is 5.91 Å². The Hall–Kier alpha value is -0.570. The van der Waals surface area contributed by atoms with Crippen LogP contribution in [-0.2, 0) is 4.79 Å².